The van der Waals surface area contributed by atoms with Crippen molar-refractivity contribution in [3.05, 3.63) is 12.2 Å². The predicted molar refractivity (Wildman–Crippen MR) is 44.9 cm³/mol. The van der Waals surface area contributed by atoms with Gasteiger partial charge in [-0.25, -0.2) is 4.79 Å². The molecule has 0 radical (unpaired) electrons. The summed E-state index contributed by atoms with van der Waals surface area (Å²) in [4.78, 5) is 10.8. The second kappa shape index (κ2) is 6.59. The Hall–Kier alpha value is -0.910. The van der Waals surface area contributed by atoms with Crippen molar-refractivity contribution in [2.75, 3.05) is 13.2 Å². The Bertz CT molecular complexity index is 177. The summed E-state index contributed by atoms with van der Waals surface area (Å²) in [6.45, 7) is 0.553. The molecule has 0 aliphatic carbocycles. The van der Waals surface area contributed by atoms with Crippen LogP contribution < -0.4 is 0 Å². The van der Waals surface area contributed by atoms with Crippen molar-refractivity contribution in [3.63, 3.8) is 0 Å². The summed E-state index contributed by atoms with van der Waals surface area (Å²) in [5, 5.41) is 26.2. The number of hydrogen-bond acceptors (Lipinski definition) is 5. The van der Waals surface area contributed by atoms with E-state index in [0.717, 1.165) is 6.08 Å². The lowest BCUT2D eigenvalue weighted by molar-refractivity contribution is -0.153. The Morgan fingerprint density at radius 3 is 2.46 bits per heavy atom. The molecule has 76 valence electrons. The maximum Gasteiger partial charge on any atom is 0.330 e. The Labute approximate surface area is 76.3 Å². The number of hydrogen-bond donors (Lipinski definition) is 3. The van der Waals surface area contributed by atoms with E-state index < -0.39 is 31.4 Å². The van der Waals surface area contributed by atoms with Gasteiger partial charge >= 0.3 is 5.97 Å². The molecule has 2 atom stereocenters. The third-order valence-electron chi connectivity index (χ3n) is 1.37. The van der Waals surface area contributed by atoms with Crippen LogP contribution in [-0.2, 0) is 9.53 Å². The molecule has 0 bridgehead atoms. The molecule has 0 rings (SSSR count). The van der Waals surface area contributed by atoms with Gasteiger partial charge in [0.05, 0.1) is 13.2 Å². The first-order chi connectivity index (χ1) is 6.15. The number of carbonyl (C=O) groups excluding carboxylic acids is 1. The standard InChI is InChI=1S/C8H14O5/c1-2-3-8(12)13-7(5-10)6(11)4-9/h2-3,6-7,9-11H,4-5H2,1H3/b3-2+. The van der Waals surface area contributed by atoms with Crippen LogP contribution in [0.4, 0.5) is 0 Å². The summed E-state index contributed by atoms with van der Waals surface area (Å²) in [6, 6.07) is 0. The average Bonchev–Trinajstić information content (AvgIpc) is 2.13. The minimum atomic E-state index is -1.25. The topological polar surface area (TPSA) is 87.0 Å². The van der Waals surface area contributed by atoms with Crippen LogP contribution >= 0.6 is 0 Å². The summed E-state index contributed by atoms with van der Waals surface area (Å²) in [5.74, 6) is -0.658. The molecule has 0 fully saturated rings. The zero-order valence-electron chi connectivity index (χ0n) is 7.38. The fourth-order valence-corrected chi connectivity index (χ4v) is 0.680. The molecule has 0 saturated carbocycles. The smallest absolute Gasteiger partial charge is 0.330 e. The molecule has 2 unspecified atom stereocenters. The van der Waals surface area contributed by atoms with E-state index in [2.05, 4.69) is 4.74 Å². The molecule has 0 aromatic carbocycles. The number of aliphatic hydroxyl groups excluding tert-OH is 3. The van der Waals surface area contributed by atoms with Gasteiger partial charge in [0, 0.05) is 6.08 Å². The number of ether oxygens (including phenoxy) is 1. The van der Waals surface area contributed by atoms with Gasteiger partial charge in [-0.1, -0.05) is 6.08 Å². The van der Waals surface area contributed by atoms with Gasteiger partial charge in [-0.15, -0.1) is 0 Å². The maximum atomic E-state index is 10.8. The van der Waals surface area contributed by atoms with E-state index in [4.69, 9.17) is 15.3 Å². The average molecular weight is 190 g/mol. The Morgan fingerprint density at radius 1 is 1.46 bits per heavy atom. The predicted octanol–water partition coefficient (Wildman–Crippen LogP) is -1.18. The number of rotatable bonds is 5. The Balaban J connectivity index is 4.04. The first-order valence-corrected chi connectivity index (χ1v) is 3.88. The van der Waals surface area contributed by atoms with Gasteiger partial charge < -0.3 is 20.1 Å². The van der Waals surface area contributed by atoms with Crippen molar-refractivity contribution in [1.82, 2.24) is 0 Å². The maximum absolute atomic E-state index is 10.8. The highest BCUT2D eigenvalue weighted by Gasteiger charge is 2.20. The fraction of sp³-hybridized carbons (Fsp3) is 0.625. The molecule has 0 amide bonds. The van der Waals surface area contributed by atoms with Crippen LogP contribution in [-0.4, -0.2) is 46.7 Å². The van der Waals surface area contributed by atoms with Crippen molar-refractivity contribution >= 4 is 5.97 Å². The largest absolute Gasteiger partial charge is 0.454 e. The molecular formula is C8H14O5. The minimum absolute atomic E-state index is 0.523. The molecule has 0 aromatic heterocycles. The summed E-state index contributed by atoms with van der Waals surface area (Å²) in [6.07, 6.45) is 0.308. The van der Waals surface area contributed by atoms with E-state index in [1.807, 2.05) is 0 Å². The van der Waals surface area contributed by atoms with Crippen LogP contribution in [0.5, 0.6) is 0 Å². The fourth-order valence-electron chi connectivity index (χ4n) is 0.680. The lowest BCUT2D eigenvalue weighted by atomic mass is 10.2. The van der Waals surface area contributed by atoms with Gasteiger partial charge in [0.25, 0.3) is 0 Å². The van der Waals surface area contributed by atoms with Gasteiger partial charge in [0.15, 0.2) is 6.10 Å². The van der Waals surface area contributed by atoms with Crippen LogP contribution in [0.25, 0.3) is 0 Å². The van der Waals surface area contributed by atoms with E-state index in [1.165, 1.54) is 6.08 Å². The molecule has 0 aliphatic rings. The molecule has 5 nitrogen and oxygen atoms in total. The Morgan fingerprint density at radius 2 is 2.08 bits per heavy atom. The normalized spacial score (nSPS) is 15.7. The van der Waals surface area contributed by atoms with Crippen molar-refractivity contribution < 1.29 is 24.9 Å². The quantitative estimate of drug-likeness (QED) is 0.375. The summed E-state index contributed by atoms with van der Waals surface area (Å²) in [7, 11) is 0. The molecule has 0 aromatic rings. The third-order valence-corrected chi connectivity index (χ3v) is 1.37. The first kappa shape index (κ1) is 12.1. The minimum Gasteiger partial charge on any atom is -0.454 e. The van der Waals surface area contributed by atoms with Gasteiger partial charge in [0.1, 0.15) is 6.10 Å². The second-order valence-corrected chi connectivity index (χ2v) is 2.41. The van der Waals surface area contributed by atoms with Gasteiger partial charge in [-0.3, -0.25) is 0 Å². The second-order valence-electron chi connectivity index (χ2n) is 2.41. The lowest BCUT2D eigenvalue weighted by Gasteiger charge is -2.18. The summed E-state index contributed by atoms with van der Waals surface area (Å²) < 4.78 is 4.61. The van der Waals surface area contributed by atoms with Crippen LogP contribution in [0.15, 0.2) is 12.2 Å². The SMILES string of the molecule is C/C=C/C(=O)OC(CO)C(O)CO. The monoisotopic (exact) mass is 190 g/mol. The van der Waals surface area contributed by atoms with Crippen molar-refractivity contribution in [2.24, 2.45) is 0 Å². The molecule has 0 heterocycles. The van der Waals surface area contributed by atoms with Crippen LogP contribution in [0.1, 0.15) is 6.92 Å². The van der Waals surface area contributed by atoms with Gasteiger partial charge in [-0.05, 0) is 6.92 Å². The van der Waals surface area contributed by atoms with Gasteiger partial charge in [0.2, 0.25) is 0 Å². The molecule has 0 aliphatic heterocycles. The van der Waals surface area contributed by atoms with Gasteiger partial charge in [-0.2, -0.15) is 0 Å². The molecule has 0 saturated heterocycles. The van der Waals surface area contributed by atoms with E-state index in [1.54, 1.807) is 6.92 Å². The van der Waals surface area contributed by atoms with Crippen LogP contribution in [0.3, 0.4) is 0 Å². The van der Waals surface area contributed by atoms with Crippen molar-refractivity contribution in [3.8, 4) is 0 Å². The van der Waals surface area contributed by atoms with E-state index in [0.29, 0.717) is 0 Å². The zero-order valence-corrected chi connectivity index (χ0v) is 7.38. The van der Waals surface area contributed by atoms with E-state index in [-0.39, 0.29) is 0 Å². The molecule has 5 heteroatoms. The number of esters is 1. The van der Waals surface area contributed by atoms with E-state index >= 15 is 0 Å². The summed E-state index contributed by atoms with van der Waals surface area (Å²) >= 11 is 0. The lowest BCUT2D eigenvalue weighted by Crippen LogP contribution is -2.36. The molecule has 0 spiro atoms. The highest BCUT2D eigenvalue weighted by atomic mass is 16.6. The van der Waals surface area contributed by atoms with Crippen LogP contribution in [0.2, 0.25) is 0 Å². The first-order valence-electron chi connectivity index (χ1n) is 3.88. The number of carbonyl (C=O) groups is 1. The third kappa shape index (κ3) is 4.62. The summed E-state index contributed by atoms with van der Waals surface area (Å²) in [5.41, 5.74) is 0. The van der Waals surface area contributed by atoms with Crippen molar-refractivity contribution in [1.29, 1.82) is 0 Å². The zero-order chi connectivity index (χ0) is 10.3. The molecular weight excluding hydrogens is 176 g/mol. The number of aliphatic hydroxyl groups is 3. The highest BCUT2D eigenvalue weighted by Crippen LogP contribution is 1.99. The van der Waals surface area contributed by atoms with E-state index in [9.17, 15) is 4.79 Å². The molecule has 13 heavy (non-hydrogen) atoms. The molecule has 3 N–H and O–H groups in total. The Kier molecular flexibility index (Phi) is 6.13. The number of allylic oxidation sites excluding steroid dienone is 1. The van der Waals surface area contributed by atoms with Crippen LogP contribution in [0, 0.1) is 0 Å². The van der Waals surface area contributed by atoms with Crippen molar-refractivity contribution in [2.45, 2.75) is 19.1 Å². The highest BCUT2D eigenvalue weighted by molar-refractivity contribution is 5.81.